The van der Waals surface area contributed by atoms with Crippen LogP contribution < -0.4 is 15.2 Å². The SMILES string of the molecule is CC(C)CN(Cc1ccc2c(c1)OCO2)C1CCC(N)CC1. The molecule has 1 aliphatic carbocycles. The topological polar surface area (TPSA) is 47.7 Å². The third kappa shape index (κ3) is 3.73. The van der Waals surface area contributed by atoms with E-state index in [9.17, 15) is 0 Å². The van der Waals surface area contributed by atoms with Crippen LogP contribution in [0.2, 0.25) is 0 Å². The monoisotopic (exact) mass is 304 g/mol. The van der Waals surface area contributed by atoms with Gasteiger partial charge in [0, 0.05) is 25.2 Å². The first-order valence-corrected chi connectivity index (χ1v) is 8.50. The van der Waals surface area contributed by atoms with Crippen molar-refractivity contribution in [2.75, 3.05) is 13.3 Å². The van der Waals surface area contributed by atoms with Crippen molar-refractivity contribution in [1.82, 2.24) is 4.90 Å². The van der Waals surface area contributed by atoms with Crippen molar-refractivity contribution in [1.29, 1.82) is 0 Å². The van der Waals surface area contributed by atoms with Crippen LogP contribution in [-0.4, -0.2) is 30.3 Å². The van der Waals surface area contributed by atoms with E-state index < -0.39 is 0 Å². The predicted molar refractivity (Wildman–Crippen MR) is 88.0 cm³/mol. The molecule has 0 radical (unpaired) electrons. The Morgan fingerprint density at radius 1 is 1.14 bits per heavy atom. The number of ether oxygens (including phenoxy) is 2. The zero-order valence-corrected chi connectivity index (χ0v) is 13.8. The number of fused-ring (bicyclic) bond motifs is 1. The normalized spacial score (nSPS) is 24.2. The molecule has 2 aliphatic rings. The molecule has 1 aliphatic heterocycles. The second-order valence-corrected chi connectivity index (χ2v) is 7.08. The summed E-state index contributed by atoms with van der Waals surface area (Å²) in [6.45, 7) is 7.04. The molecule has 0 unspecified atom stereocenters. The minimum Gasteiger partial charge on any atom is -0.454 e. The smallest absolute Gasteiger partial charge is 0.231 e. The Bertz CT molecular complexity index is 496. The number of benzene rings is 1. The first kappa shape index (κ1) is 15.6. The van der Waals surface area contributed by atoms with Gasteiger partial charge in [0.2, 0.25) is 6.79 Å². The molecule has 3 rings (SSSR count). The Labute approximate surface area is 133 Å². The molecule has 2 N–H and O–H groups in total. The summed E-state index contributed by atoms with van der Waals surface area (Å²) in [6.07, 6.45) is 4.75. The summed E-state index contributed by atoms with van der Waals surface area (Å²) in [6, 6.07) is 7.39. The lowest BCUT2D eigenvalue weighted by atomic mass is 9.90. The molecular weight excluding hydrogens is 276 g/mol. The van der Waals surface area contributed by atoms with Crippen molar-refractivity contribution in [3.63, 3.8) is 0 Å². The lowest BCUT2D eigenvalue weighted by Crippen LogP contribution is -2.42. The summed E-state index contributed by atoms with van der Waals surface area (Å²) in [4.78, 5) is 2.63. The zero-order chi connectivity index (χ0) is 15.5. The summed E-state index contributed by atoms with van der Waals surface area (Å²) in [5, 5.41) is 0. The molecule has 4 nitrogen and oxygen atoms in total. The quantitative estimate of drug-likeness (QED) is 0.908. The molecule has 22 heavy (non-hydrogen) atoms. The molecule has 1 fully saturated rings. The van der Waals surface area contributed by atoms with E-state index in [1.165, 1.54) is 18.4 Å². The highest BCUT2D eigenvalue weighted by atomic mass is 16.7. The number of nitrogens with zero attached hydrogens (tertiary/aromatic N) is 1. The van der Waals surface area contributed by atoms with Gasteiger partial charge in [0.1, 0.15) is 0 Å². The van der Waals surface area contributed by atoms with Crippen molar-refractivity contribution in [2.24, 2.45) is 11.7 Å². The summed E-state index contributed by atoms with van der Waals surface area (Å²) in [5.74, 6) is 2.42. The third-order valence-corrected chi connectivity index (χ3v) is 4.68. The van der Waals surface area contributed by atoms with Crippen LogP contribution in [0, 0.1) is 5.92 Å². The Kier molecular flexibility index (Phi) is 4.89. The number of hydrogen-bond acceptors (Lipinski definition) is 4. The molecule has 0 atom stereocenters. The molecule has 0 amide bonds. The molecule has 1 heterocycles. The molecule has 0 bridgehead atoms. The largest absolute Gasteiger partial charge is 0.454 e. The average Bonchev–Trinajstić information content (AvgIpc) is 2.94. The molecule has 1 aromatic rings. The van der Waals surface area contributed by atoms with Gasteiger partial charge in [0.05, 0.1) is 0 Å². The van der Waals surface area contributed by atoms with Gasteiger partial charge in [-0.25, -0.2) is 0 Å². The summed E-state index contributed by atoms with van der Waals surface area (Å²) in [7, 11) is 0. The fourth-order valence-corrected chi connectivity index (χ4v) is 3.55. The first-order chi connectivity index (χ1) is 10.6. The highest BCUT2D eigenvalue weighted by Gasteiger charge is 2.25. The van der Waals surface area contributed by atoms with E-state index in [1.807, 2.05) is 6.07 Å². The van der Waals surface area contributed by atoms with Gasteiger partial charge >= 0.3 is 0 Å². The first-order valence-electron chi connectivity index (χ1n) is 8.50. The lowest BCUT2D eigenvalue weighted by molar-refractivity contribution is 0.126. The maximum absolute atomic E-state index is 6.06. The van der Waals surface area contributed by atoms with Gasteiger partial charge in [-0.1, -0.05) is 19.9 Å². The van der Waals surface area contributed by atoms with E-state index in [0.717, 1.165) is 37.4 Å². The molecule has 4 heteroatoms. The van der Waals surface area contributed by atoms with Gasteiger partial charge in [0.25, 0.3) is 0 Å². The van der Waals surface area contributed by atoms with Gasteiger partial charge in [-0.3, -0.25) is 4.90 Å². The second-order valence-electron chi connectivity index (χ2n) is 7.08. The number of hydrogen-bond donors (Lipinski definition) is 1. The summed E-state index contributed by atoms with van der Waals surface area (Å²) >= 11 is 0. The van der Waals surface area contributed by atoms with E-state index in [-0.39, 0.29) is 0 Å². The second kappa shape index (κ2) is 6.88. The van der Waals surface area contributed by atoms with Crippen molar-refractivity contribution in [3.05, 3.63) is 23.8 Å². The van der Waals surface area contributed by atoms with Gasteiger partial charge in [-0.05, 0) is 49.3 Å². The Hall–Kier alpha value is -1.26. The van der Waals surface area contributed by atoms with E-state index in [1.54, 1.807) is 0 Å². The maximum atomic E-state index is 6.06. The van der Waals surface area contributed by atoms with Crippen LogP contribution in [0.25, 0.3) is 0 Å². The van der Waals surface area contributed by atoms with Gasteiger partial charge in [-0.15, -0.1) is 0 Å². The Balaban J connectivity index is 1.69. The molecule has 0 saturated heterocycles. The van der Waals surface area contributed by atoms with Gasteiger partial charge in [0.15, 0.2) is 11.5 Å². The average molecular weight is 304 g/mol. The van der Waals surface area contributed by atoms with E-state index >= 15 is 0 Å². The molecule has 0 aromatic heterocycles. The highest BCUT2D eigenvalue weighted by Crippen LogP contribution is 2.33. The Morgan fingerprint density at radius 3 is 2.59 bits per heavy atom. The fourth-order valence-electron chi connectivity index (χ4n) is 3.55. The van der Waals surface area contributed by atoms with E-state index in [2.05, 4.69) is 30.9 Å². The van der Waals surface area contributed by atoms with Crippen molar-refractivity contribution in [2.45, 2.75) is 58.2 Å². The van der Waals surface area contributed by atoms with E-state index in [4.69, 9.17) is 15.2 Å². The van der Waals surface area contributed by atoms with Crippen LogP contribution in [-0.2, 0) is 6.54 Å². The Morgan fingerprint density at radius 2 is 1.86 bits per heavy atom. The van der Waals surface area contributed by atoms with Gasteiger partial charge in [-0.2, -0.15) is 0 Å². The molecule has 122 valence electrons. The standard InChI is InChI=1S/C18H28N2O2/c1-13(2)10-20(16-6-4-15(19)5-7-16)11-14-3-8-17-18(9-14)22-12-21-17/h3,8-9,13,15-16H,4-7,10-12,19H2,1-2H3. The van der Waals surface area contributed by atoms with Crippen LogP contribution in [0.3, 0.4) is 0 Å². The summed E-state index contributed by atoms with van der Waals surface area (Å²) in [5.41, 5.74) is 7.37. The molecular formula is C18H28N2O2. The predicted octanol–water partition coefficient (Wildman–Crippen LogP) is 3.14. The fraction of sp³-hybridized carbons (Fsp3) is 0.667. The van der Waals surface area contributed by atoms with Gasteiger partial charge < -0.3 is 15.2 Å². The van der Waals surface area contributed by atoms with Crippen molar-refractivity contribution >= 4 is 0 Å². The molecule has 1 saturated carbocycles. The number of nitrogens with two attached hydrogens (primary N) is 1. The zero-order valence-electron chi connectivity index (χ0n) is 13.8. The third-order valence-electron chi connectivity index (χ3n) is 4.68. The maximum Gasteiger partial charge on any atom is 0.231 e. The molecule has 1 aromatic carbocycles. The summed E-state index contributed by atoms with van der Waals surface area (Å²) < 4.78 is 10.9. The van der Waals surface area contributed by atoms with Crippen molar-refractivity contribution < 1.29 is 9.47 Å². The van der Waals surface area contributed by atoms with Crippen LogP contribution in [0.15, 0.2) is 18.2 Å². The van der Waals surface area contributed by atoms with Crippen molar-refractivity contribution in [3.8, 4) is 11.5 Å². The minimum absolute atomic E-state index is 0.342. The van der Waals surface area contributed by atoms with Crippen LogP contribution in [0.5, 0.6) is 11.5 Å². The highest BCUT2D eigenvalue weighted by molar-refractivity contribution is 5.44. The molecule has 0 spiro atoms. The van der Waals surface area contributed by atoms with Crippen LogP contribution >= 0.6 is 0 Å². The number of rotatable bonds is 5. The lowest BCUT2D eigenvalue weighted by Gasteiger charge is -2.37. The van der Waals surface area contributed by atoms with Crippen LogP contribution in [0.1, 0.15) is 45.1 Å². The minimum atomic E-state index is 0.342. The van der Waals surface area contributed by atoms with Crippen LogP contribution in [0.4, 0.5) is 0 Å². The van der Waals surface area contributed by atoms with E-state index in [0.29, 0.717) is 24.8 Å².